The summed E-state index contributed by atoms with van der Waals surface area (Å²) in [6, 6.07) is 5.84. The predicted molar refractivity (Wildman–Crippen MR) is 65.5 cm³/mol. The zero-order valence-electron chi connectivity index (χ0n) is 9.11. The minimum Gasteiger partial charge on any atom is -0.368 e. The molecule has 0 aliphatic carbocycles. The van der Waals surface area contributed by atoms with Crippen LogP contribution < -0.4 is 16.6 Å². The number of anilines is 2. The maximum absolute atomic E-state index is 11.2. The number of hydrogen-bond donors (Lipinski definition) is 3. The van der Waals surface area contributed by atoms with Gasteiger partial charge in [0.1, 0.15) is 0 Å². The molecular weight excluding hydrogens is 256 g/mol. The molecule has 0 amide bonds. The average Bonchev–Trinajstić information content (AvgIpc) is 2.27. The number of nitrogens with zero attached hydrogens (tertiary/aromatic N) is 3. The number of nitrogens with two attached hydrogens (primary N) is 3. The number of aromatic nitrogens is 3. The molecule has 2 aromatic rings. The Balaban J connectivity index is 2.58. The molecule has 1 heterocycles. The van der Waals surface area contributed by atoms with Gasteiger partial charge in [0.25, 0.3) is 0 Å². The number of primary sulfonamides is 1. The van der Waals surface area contributed by atoms with Crippen LogP contribution >= 0.6 is 0 Å². The first kappa shape index (κ1) is 12.2. The topological polar surface area (TPSA) is 151 Å². The molecule has 0 aliphatic rings. The van der Waals surface area contributed by atoms with E-state index in [1.165, 1.54) is 18.2 Å². The van der Waals surface area contributed by atoms with Crippen LogP contribution in [0.25, 0.3) is 11.4 Å². The van der Waals surface area contributed by atoms with Gasteiger partial charge in [0.05, 0.1) is 4.90 Å². The molecule has 0 fully saturated rings. The molecule has 1 aromatic carbocycles. The summed E-state index contributed by atoms with van der Waals surface area (Å²) >= 11 is 0. The van der Waals surface area contributed by atoms with Crippen molar-refractivity contribution in [3.63, 3.8) is 0 Å². The van der Waals surface area contributed by atoms with Crippen LogP contribution in [0.3, 0.4) is 0 Å². The zero-order valence-corrected chi connectivity index (χ0v) is 9.92. The summed E-state index contributed by atoms with van der Waals surface area (Å²) in [5.41, 5.74) is 11.3. The summed E-state index contributed by atoms with van der Waals surface area (Å²) in [4.78, 5) is 11.3. The van der Waals surface area contributed by atoms with E-state index in [-0.39, 0.29) is 22.6 Å². The molecular formula is C9H10N6O2S. The van der Waals surface area contributed by atoms with Gasteiger partial charge in [-0.15, -0.1) is 0 Å². The van der Waals surface area contributed by atoms with Gasteiger partial charge in [-0.3, -0.25) is 0 Å². The van der Waals surface area contributed by atoms with Crippen molar-refractivity contribution in [2.45, 2.75) is 4.90 Å². The second-order valence-corrected chi connectivity index (χ2v) is 5.01. The molecule has 0 saturated carbocycles. The van der Waals surface area contributed by atoms with Crippen LogP contribution in [0.5, 0.6) is 0 Å². The van der Waals surface area contributed by atoms with Crippen LogP contribution in [0.15, 0.2) is 29.2 Å². The average molecular weight is 266 g/mol. The lowest BCUT2D eigenvalue weighted by molar-refractivity contribution is 0.598. The lowest BCUT2D eigenvalue weighted by Gasteiger charge is -2.04. The summed E-state index contributed by atoms with van der Waals surface area (Å²) in [6.07, 6.45) is 0. The highest BCUT2D eigenvalue weighted by Crippen LogP contribution is 2.19. The number of hydrogen-bond acceptors (Lipinski definition) is 7. The Hall–Kier alpha value is -2.26. The van der Waals surface area contributed by atoms with Crippen molar-refractivity contribution in [1.29, 1.82) is 0 Å². The van der Waals surface area contributed by atoms with E-state index in [1.54, 1.807) is 6.07 Å². The third-order valence-corrected chi connectivity index (χ3v) is 3.00. The van der Waals surface area contributed by atoms with Crippen molar-refractivity contribution in [3.05, 3.63) is 24.3 Å². The quantitative estimate of drug-likeness (QED) is 0.653. The first-order valence-corrected chi connectivity index (χ1v) is 6.31. The van der Waals surface area contributed by atoms with E-state index in [4.69, 9.17) is 16.6 Å². The maximum Gasteiger partial charge on any atom is 0.238 e. The Morgan fingerprint density at radius 1 is 1.00 bits per heavy atom. The Kier molecular flexibility index (Phi) is 2.85. The van der Waals surface area contributed by atoms with Crippen molar-refractivity contribution >= 4 is 21.9 Å². The number of rotatable bonds is 2. The highest BCUT2D eigenvalue weighted by Gasteiger charge is 2.11. The normalized spacial score (nSPS) is 11.4. The molecule has 0 aliphatic heterocycles. The van der Waals surface area contributed by atoms with E-state index in [0.29, 0.717) is 5.56 Å². The lowest BCUT2D eigenvalue weighted by Crippen LogP contribution is -2.12. The molecule has 2 rings (SSSR count). The Morgan fingerprint density at radius 3 is 2.17 bits per heavy atom. The van der Waals surface area contributed by atoms with Crippen molar-refractivity contribution in [3.8, 4) is 11.4 Å². The Bertz CT molecular complexity index is 680. The molecule has 6 N–H and O–H groups in total. The third kappa shape index (κ3) is 2.52. The van der Waals surface area contributed by atoms with Crippen LogP contribution in [0, 0.1) is 0 Å². The molecule has 0 saturated heterocycles. The summed E-state index contributed by atoms with van der Waals surface area (Å²) in [5, 5.41) is 5.03. The van der Waals surface area contributed by atoms with Gasteiger partial charge in [-0.2, -0.15) is 15.0 Å². The summed E-state index contributed by atoms with van der Waals surface area (Å²) in [5.74, 6) is 0.0996. The van der Waals surface area contributed by atoms with Gasteiger partial charge >= 0.3 is 0 Å². The number of nitrogen functional groups attached to an aromatic ring is 2. The van der Waals surface area contributed by atoms with E-state index in [0.717, 1.165) is 0 Å². The van der Waals surface area contributed by atoms with Crippen molar-refractivity contribution in [1.82, 2.24) is 15.0 Å². The molecule has 0 spiro atoms. The van der Waals surface area contributed by atoms with E-state index in [9.17, 15) is 8.42 Å². The molecule has 0 atom stereocenters. The summed E-state index contributed by atoms with van der Waals surface area (Å²) < 4.78 is 22.5. The van der Waals surface area contributed by atoms with E-state index in [2.05, 4.69) is 15.0 Å². The molecule has 8 nitrogen and oxygen atoms in total. The molecule has 0 bridgehead atoms. The zero-order chi connectivity index (χ0) is 13.3. The fourth-order valence-corrected chi connectivity index (χ4v) is 1.91. The van der Waals surface area contributed by atoms with Crippen molar-refractivity contribution < 1.29 is 8.42 Å². The number of sulfonamides is 1. The molecule has 9 heteroatoms. The third-order valence-electron chi connectivity index (χ3n) is 2.09. The molecule has 1 aromatic heterocycles. The van der Waals surface area contributed by atoms with Gasteiger partial charge in [0, 0.05) is 5.56 Å². The van der Waals surface area contributed by atoms with Crippen LogP contribution in [-0.2, 0) is 10.0 Å². The van der Waals surface area contributed by atoms with Crippen molar-refractivity contribution in [2.24, 2.45) is 5.14 Å². The fraction of sp³-hybridized carbons (Fsp3) is 0. The molecule has 0 unspecified atom stereocenters. The van der Waals surface area contributed by atoms with Gasteiger partial charge in [0.2, 0.25) is 21.9 Å². The van der Waals surface area contributed by atoms with Crippen LogP contribution in [-0.4, -0.2) is 23.4 Å². The predicted octanol–water partition coefficient (Wildman–Crippen LogP) is -0.650. The fourth-order valence-electron chi connectivity index (χ4n) is 1.35. The SMILES string of the molecule is Nc1nc(N)nc(-c2cccc(S(N)(=O)=O)c2)n1. The van der Waals surface area contributed by atoms with Crippen LogP contribution in [0.4, 0.5) is 11.9 Å². The van der Waals surface area contributed by atoms with Gasteiger partial charge in [0.15, 0.2) is 5.82 Å². The Morgan fingerprint density at radius 2 is 1.61 bits per heavy atom. The van der Waals surface area contributed by atoms with Crippen molar-refractivity contribution in [2.75, 3.05) is 11.5 Å². The first-order valence-electron chi connectivity index (χ1n) is 4.76. The smallest absolute Gasteiger partial charge is 0.238 e. The standard InChI is InChI=1S/C9H10N6O2S/c10-8-13-7(14-9(11)15-8)5-2-1-3-6(4-5)18(12,16)17/h1-4H,(H2,12,16,17)(H4,10,11,13,14,15). The Labute approximate surface area is 103 Å². The minimum absolute atomic E-state index is 0.0430. The van der Waals surface area contributed by atoms with E-state index in [1.807, 2.05) is 0 Å². The molecule has 0 radical (unpaired) electrons. The lowest BCUT2D eigenvalue weighted by atomic mass is 10.2. The summed E-state index contributed by atoms with van der Waals surface area (Å²) in [7, 11) is -3.79. The maximum atomic E-state index is 11.2. The van der Waals surface area contributed by atoms with Gasteiger partial charge in [-0.25, -0.2) is 13.6 Å². The second-order valence-electron chi connectivity index (χ2n) is 3.45. The van der Waals surface area contributed by atoms with Crippen LogP contribution in [0.2, 0.25) is 0 Å². The minimum atomic E-state index is -3.79. The van der Waals surface area contributed by atoms with E-state index >= 15 is 0 Å². The largest absolute Gasteiger partial charge is 0.368 e. The highest BCUT2D eigenvalue weighted by molar-refractivity contribution is 7.89. The van der Waals surface area contributed by atoms with Gasteiger partial charge in [-0.05, 0) is 12.1 Å². The highest BCUT2D eigenvalue weighted by atomic mass is 32.2. The second kappa shape index (κ2) is 4.20. The monoisotopic (exact) mass is 266 g/mol. The molecule has 94 valence electrons. The molecule has 18 heavy (non-hydrogen) atoms. The van der Waals surface area contributed by atoms with Gasteiger partial charge < -0.3 is 11.5 Å². The van der Waals surface area contributed by atoms with Crippen LogP contribution in [0.1, 0.15) is 0 Å². The first-order chi connectivity index (χ1) is 8.36. The van der Waals surface area contributed by atoms with E-state index < -0.39 is 10.0 Å². The van der Waals surface area contributed by atoms with Gasteiger partial charge in [-0.1, -0.05) is 12.1 Å². The summed E-state index contributed by atoms with van der Waals surface area (Å²) in [6.45, 7) is 0. The number of benzene rings is 1.